The van der Waals surface area contributed by atoms with E-state index in [0.29, 0.717) is 35.7 Å². The van der Waals surface area contributed by atoms with E-state index in [2.05, 4.69) is 15.3 Å². The van der Waals surface area contributed by atoms with Gasteiger partial charge in [0.1, 0.15) is 18.0 Å². The minimum atomic E-state index is -3.35. The smallest absolute Gasteiger partial charge is 0.232 e. The molecule has 3 rings (SSSR count). The van der Waals surface area contributed by atoms with Gasteiger partial charge in [-0.2, -0.15) is 5.26 Å². The molecule has 0 unspecified atom stereocenters. The number of aromatic nitrogens is 2. The van der Waals surface area contributed by atoms with Crippen LogP contribution in [0.1, 0.15) is 11.1 Å². The summed E-state index contributed by atoms with van der Waals surface area (Å²) in [5.41, 5.74) is 2.47. The van der Waals surface area contributed by atoms with Gasteiger partial charge in [-0.25, -0.2) is 18.4 Å². The molecule has 2 aromatic rings. The molecule has 0 saturated heterocycles. The first-order valence-electron chi connectivity index (χ1n) is 6.57. The van der Waals surface area contributed by atoms with Crippen LogP contribution in [0.15, 0.2) is 30.7 Å². The number of sulfonamides is 1. The third-order valence-corrected chi connectivity index (χ3v) is 4.61. The van der Waals surface area contributed by atoms with Gasteiger partial charge in [0.25, 0.3) is 0 Å². The summed E-state index contributed by atoms with van der Waals surface area (Å²) in [7, 11) is -3.35. The van der Waals surface area contributed by atoms with E-state index in [4.69, 9.17) is 5.26 Å². The van der Waals surface area contributed by atoms with E-state index < -0.39 is 10.0 Å². The highest BCUT2D eigenvalue weighted by Gasteiger charge is 2.28. The van der Waals surface area contributed by atoms with Crippen LogP contribution in [0.25, 0.3) is 0 Å². The maximum Gasteiger partial charge on any atom is 0.232 e. The second-order valence-corrected chi connectivity index (χ2v) is 6.83. The minimum absolute atomic E-state index is 0.295. The Morgan fingerprint density at radius 3 is 2.95 bits per heavy atom. The van der Waals surface area contributed by atoms with Crippen molar-refractivity contribution in [2.24, 2.45) is 0 Å². The van der Waals surface area contributed by atoms with E-state index in [-0.39, 0.29) is 0 Å². The highest BCUT2D eigenvalue weighted by atomic mass is 32.2. The van der Waals surface area contributed by atoms with E-state index in [0.717, 1.165) is 5.56 Å². The summed E-state index contributed by atoms with van der Waals surface area (Å²) in [5.74, 6) is 0.353. The molecule has 0 saturated carbocycles. The van der Waals surface area contributed by atoms with Crippen molar-refractivity contribution in [3.63, 3.8) is 0 Å². The molecule has 8 heteroatoms. The SMILES string of the molecule is CS(=O)(=O)N1CCc2cccc(Nc3ncncc3C#N)c21. The molecule has 1 N–H and O–H groups in total. The normalized spacial score (nSPS) is 13.5. The van der Waals surface area contributed by atoms with Crippen molar-refractivity contribution in [2.45, 2.75) is 6.42 Å². The standard InChI is InChI=1S/C14H13N5O2S/c1-22(20,21)19-6-5-10-3-2-4-12(13(10)19)18-14-11(7-15)8-16-9-17-14/h2-4,8-9H,5-6H2,1H3,(H,16,17,18). The third kappa shape index (κ3) is 2.46. The monoisotopic (exact) mass is 315 g/mol. The summed E-state index contributed by atoms with van der Waals surface area (Å²) >= 11 is 0. The van der Waals surface area contributed by atoms with Gasteiger partial charge in [0.2, 0.25) is 10.0 Å². The van der Waals surface area contributed by atoms with Crippen LogP contribution >= 0.6 is 0 Å². The first kappa shape index (κ1) is 14.3. The van der Waals surface area contributed by atoms with Crippen molar-refractivity contribution in [1.29, 1.82) is 5.26 Å². The molecule has 112 valence electrons. The molecule has 7 nitrogen and oxygen atoms in total. The molecule has 0 spiro atoms. The van der Waals surface area contributed by atoms with Crippen molar-refractivity contribution in [3.8, 4) is 6.07 Å². The number of nitrogens with one attached hydrogen (secondary N) is 1. The van der Waals surface area contributed by atoms with Gasteiger partial charge in [0.05, 0.1) is 23.8 Å². The van der Waals surface area contributed by atoms with Crippen molar-refractivity contribution in [3.05, 3.63) is 41.9 Å². The Morgan fingerprint density at radius 1 is 1.41 bits per heavy atom. The second-order valence-electron chi connectivity index (χ2n) is 4.92. The molecule has 1 aromatic heterocycles. The summed E-state index contributed by atoms with van der Waals surface area (Å²) in [6, 6.07) is 7.52. The topological polar surface area (TPSA) is 99.0 Å². The summed E-state index contributed by atoms with van der Waals surface area (Å²) in [6.45, 7) is 0.418. The fraction of sp³-hybridized carbons (Fsp3) is 0.214. The van der Waals surface area contributed by atoms with Crippen LogP contribution < -0.4 is 9.62 Å². The van der Waals surface area contributed by atoms with Gasteiger partial charge < -0.3 is 5.32 Å². The number of benzene rings is 1. The molecule has 0 radical (unpaired) electrons. The van der Waals surface area contributed by atoms with Crippen LogP contribution in [0, 0.1) is 11.3 Å². The average molecular weight is 315 g/mol. The summed E-state index contributed by atoms with van der Waals surface area (Å²) < 4.78 is 25.3. The largest absolute Gasteiger partial charge is 0.337 e. The van der Waals surface area contributed by atoms with Crippen LogP contribution in [-0.2, 0) is 16.4 Å². The van der Waals surface area contributed by atoms with Gasteiger partial charge in [-0.05, 0) is 18.1 Å². The maximum atomic E-state index is 11.9. The zero-order valence-corrected chi connectivity index (χ0v) is 12.6. The lowest BCUT2D eigenvalue weighted by molar-refractivity contribution is 0.598. The summed E-state index contributed by atoms with van der Waals surface area (Å²) in [6.07, 6.45) is 4.59. The molecule has 22 heavy (non-hydrogen) atoms. The Labute approximate surface area is 128 Å². The average Bonchev–Trinajstić information content (AvgIpc) is 2.93. The molecule has 1 aliphatic heterocycles. The van der Waals surface area contributed by atoms with Crippen molar-refractivity contribution >= 4 is 27.2 Å². The Bertz CT molecular complexity index is 873. The molecular formula is C14H13N5O2S. The number of nitriles is 1. The fourth-order valence-corrected chi connectivity index (χ4v) is 3.46. The van der Waals surface area contributed by atoms with Crippen LogP contribution in [0.4, 0.5) is 17.2 Å². The number of anilines is 3. The molecule has 1 aliphatic rings. The zero-order valence-electron chi connectivity index (χ0n) is 11.8. The van der Waals surface area contributed by atoms with Crippen molar-refractivity contribution < 1.29 is 8.42 Å². The first-order valence-corrected chi connectivity index (χ1v) is 8.42. The third-order valence-electron chi connectivity index (χ3n) is 3.44. The molecule has 0 bridgehead atoms. The quantitative estimate of drug-likeness (QED) is 0.919. The molecule has 2 heterocycles. The molecule has 1 aromatic carbocycles. The van der Waals surface area contributed by atoms with Gasteiger partial charge in [-0.3, -0.25) is 4.31 Å². The lowest BCUT2D eigenvalue weighted by Gasteiger charge is -2.20. The van der Waals surface area contributed by atoms with Crippen molar-refractivity contribution in [1.82, 2.24) is 9.97 Å². The van der Waals surface area contributed by atoms with Gasteiger partial charge >= 0.3 is 0 Å². The van der Waals surface area contributed by atoms with Gasteiger partial charge in [0, 0.05) is 6.54 Å². The van der Waals surface area contributed by atoms with E-state index in [9.17, 15) is 8.42 Å². The molecular weight excluding hydrogens is 302 g/mol. The number of hydrogen-bond acceptors (Lipinski definition) is 6. The Kier molecular flexibility index (Phi) is 3.42. The van der Waals surface area contributed by atoms with Crippen LogP contribution in [0.3, 0.4) is 0 Å². The van der Waals surface area contributed by atoms with Gasteiger partial charge in [-0.15, -0.1) is 0 Å². The van der Waals surface area contributed by atoms with E-state index in [1.54, 1.807) is 6.07 Å². The van der Waals surface area contributed by atoms with Crippen LogP contribution in [0.5, 0.6) is 0 Å². The minimum Gasteiger partial charge on any atom is -0.337 e. The number of nitrogens with zero attached hydrogens (tertiary/aromatic N) is 4. The first-order chi connectivity index (χ1) is 10.5. The zero-order chi connectivity index (χ0) is 15.7. The van der Waals surface area contributed by atoms with Crippen LogP contribution in [0.2, 0.25) is 0 Å². The van der Waals surface area contributed by atoms with E-state index in [1.165, 1.54) is 23.1 Å². The Morgan fingerprint density at radius 2 is 2.23 bits per heavy atom. The number of hydrogen-bond donors (Lipinski definition) is 1. The molecule has 0 fully saturated rings. The molecule has 0 atom stereocenters. The summed E-state index contributed by atoms with van der Waals surface area (Å²) in [5, 5.41) is 12.1. The fourth-order valence-electron chi connectivity index (χ4n) is 2.49. The number of rotatable bonds is 3. The number of para-hydroxylation sites is 1. The molecule has 0 aliphatic carbocycles. The lowest BCUT2D eigenvalue weighted by atomic mass is 10.1. The second kappa shape index (κ2) is 5.27. The Balaban J connectivity index is 2.07. The number of fused-ring (bicyclic) bond motifs is 1. The van der Waals surface area contributed by atoms with Crippen molar-refractivity contribution in [2.75, 3.05) is 22.4 Å². The highest BCUT2D eigenvalue weighted by Crippen LogP contribution is 2.38. The predicted octanol–water partition coefficient (Wildman–Crippen LogP) is 1.41. The van der Waals surface area contributed by atoms with Gasteiger partial charge in [-0.1, -0.05) is 12.1 Å². The predicted molar refractivity (Wildman–Crippen MR) is 82.4 cm³/mol. The summed E-state index contributed by atoms with van der Waals surface area (Å²) in [4.78, 5) is 7.85. The van der Waals surface area contributed by atoms with Crippen LogP contribution in [-0.4, -0.2) is 31.2 Å². The lowest BCUT2D eigenvalue weighted by Crippen LogP contribution is -2.28. The van der Waals surface area contributed by atoms with E-state index >= 15 is 0 Å². The van der Waals surface area contributed by atoms with Gasteiger partial charge in [0.15, 0.2) is 5.82 Å². The van der Waals surface area contributed by atoms with E-state index in [1.807, 2.05) is 18.2 Å². The maximum absolute atomic E-state index is 11.9. The molecule has 0 amide bonds. The highest BCUT2D eigenvalue weighted by molar-refractivity contribution is 7.92. The Hall–Kier alpha value is -2.66.